The van der Waals surface area contributed by atoms with Crippen molar-refractivity contribution in [1.29, 1.82) is 0 Å². The van der Waals surface area contributed by atoms with E-state index in [0.717, 1.165) is 0 Å². The van der Waals surface area contributed by atoms with Crippen LogP contribution >= 0.6 is 23.2 Å². The summed E-state index contributed by atoms with van der Waals surface area (Å²) < 4.78 is 66.3. The number of aliphatic hydroxyl groups is 1. The molecule has 0 bridgehead atoms. The predicted octanol–water partition coefficient (Wildman–Crippen LogP) is 5.21. The van der Waals surface area contributed by atoms with E-state index in [2.05, 4.69) is 15.3 Å². The summed E-state index contributed by atoms with van der Waals surface area (Å²) in [5.74, 6) is -4.03. The normalized spacial score (nSPS) is 19.0. The van der Waals surface area contributed by atoms with Crippen LogP contribution in [0.15, 0.2) is 30.5 Å². The van der Waals surface area contributed by atoms with Crippen LogP contribution in [0, 0.1) is 0 Å². The van der Waals surface area contributed by atoms with Crippen molar-refractivity contribution in [2.24, 2.45) is 0 Å². The van der Waals surface area contributed by atoms with Crippen molar-refractivity contribution in [2.45, 2.75) is 49.4 Å². The van der Waals surface area contributed by atoms with Gasteiger partial charge in [0, 0.05) is 19.0 Å². The molecule has 1 fully saturated rings. The van der Waals surface area contributed by atoms with E-state index in [1.54, 1.807) is 0 Å². The van der Waals surface area contributed by atoms with Crippen LogP contribution in [0.4, 0.5) is 22.0 Å². The number of pyridine rings is 2. The Labute approximate surface area is 183 Å². The molecular weight excluding hydrogens is 468 g/mol. The lowest BCUT2D eigenvalue weighted by atomic mass is 9.76. The van der Waals surface area contributed by atoms with Gasteiger partial charge in [-0.05, 0) is 31.0 Å². The minimum absolute atomic E-state index is 0.0165. The molecule has 31 heavy (non-hydrogen) atoms. The van der Waals surface area contributed by atoms with E-state index in [-0.39, 0.29) is 28.7 Å². The van der Waals surface area contributed by atoms with Gasteiger partial charge in [-0.1, -0.05) is 29.3 Å². The Balaban J connectivity index is 1.97. The molecule has 12 heteroatoms. The van der Waals surface area contributed by atoms with Crippen molar-refractivity contribution in [1.82, 2.24) is 15.3 Å². The van der Waals surface area contributed by atoms with Crippen LogP contribution in [0.3, 0.4) is 0 Å². The molecular formula is C19H16Cl2F5N3O2. The first kappa shape index (κ1) is 23.6. The Morgan fingerprint density at radius 3 is 2.39 bits per heavy atom. The van der Waals surface area contributed by atoms with Crippen LogP contribution in [0.2, 0.25) is 10.2 Å². The molecule has 5 nitrogen and oxygen atoms in total. The van der Waals surface area contributed by atoms with Gasteiger partial charge in [0.1, 0.15) is 16.9 Å². The topological polar surface area (TPSA) is 75.1 Å². The third-order valence-corrected chi connectivity index (χ3v) is 5.59. The molecule has 0 radical (unpaired) electrons. The minimum Gasteiger partial charge on any atom is -0.387 e. The predicted molar refractivity (Wildman–Crippen MR) is 102 cm³/mol. The molecule has 3 rings (SSSR count). The third-order valence-electron chi connectivity index (χ3n) is 5.08. The Kier molecular flexibility index (Phi) is 6.46. The molecule has 1 amide bonds. The molecule has 1 unspecified atom stereocenters. The van der Waals surface area contributed by atoms with Crippen LogP contribution in [-0.2, 0) is 6.18 Å². The second-order valence-corrected chi connectivity index (χ2v) is 8.09. The molecule has 2 aromatic rings. The van der Waals surface area contributed by atoms with Crippen molar-refractivity contribution < 1.29 is 31.9 Å². The highest BCUT2D eigenvalue weighted by molar-refractivity contribution is 6.33. The fourth-order valence-electron chi connectivity index (χ4n) is 3.38. The molecule has 2 heterocycles. The van der Waals surface area contributed by atoms with Gasteiger partial charge in [-0.15, -0.1) is 0 Å². The maximum Gasteiger partial charge on any atom is 0.433 e. The first-order valence-corrected chi connectivity index (χ1v) is 9.83. The van der Waals surface area contributed by atoms with Gasteiger partial charge in [0.05, 0.1) is 21.9 Å². The van der Waals surface area contributed by atoms with Gasteiger partial charge in [0.15, 0.2) is 0 Å². The highest BCUT2D eigenvalue weighted by atomic mass is 35.5. The number of hydrogen-bond donors (Lipinski definition) is 2. The maximum atomic E-state index is 13.6. The number of halogens is 7. The zero-order chi connectivity index (χ0) is 23.0. The smallest absolute Gasteiger partial charge is 0.387 e. The van der Waals surface area contributed by atoms with E-state index in [4.69, 9.17) is 23.2 Å². The molecule has 0 aliphatic heterocycles. The van der Waals surface area contributed by atoms with Gasteiger partial charge >= 0.3 is 6.18 Å². The maximum absolute atomic E-state index is 13.6. The molecule has 1 atom stereocenters. The molecule has 0 aromatic carbocycles. The summed E-state index contributed by atoms with van der Waals surface area (Å²) >= 11 is 11.8. The second-order valence-electron chi connectivity index (χ2n) is 7.30. The highest BCUT2D eigenvalue weighted by Gasteiger charge is 2.48. The van der Waals surface area contributed by atoms with Crippen LogP contribution in [0.1, 0.15) is 53.5 Å². The molecule has 2 N–H and O–H groups in total. The summed E-state index contributed by atoms with van der Waals surface area (Å²) in [6, 6.07) is 3.47. The highest BCUT2D eigenvalue weighted by Crippen LogP contribution is 2.44. The number of nitrogens with one attached hydrogen (secondary N) is 1. The molecule has 1 aliphatic carbocycles. The third kappa shape index (κ3) is 5.42. The molecule has 168 valence electrons. The molecule has 0 saturated heterocycles. The zero-order valence-electron chi connectivity index (χ0n) is 15.7. The lowest BCUT2D eigenvalue weighted by Gasteiger charge is -2.41. The number of carbonyl (C=O) groups is 1. The van der Waals surface area contributed by atoms with Gasteiger partial charge in [-0.2, -0.15) is 13.2 Å². The van der Waals surface area contributed by atoms with Crippen LogP contribution in [-0.4, -0.2) is 32.5 Å². The number of alkyl halides is 5. The van der Waals surface area contributed by atoms with E-state index in [1.807, 2.05) is 0 Å². The van der Waals surface area contributed by atoms with Crippen LogP contribution < -0.4 is 5.32 Å². The fourth-order valence-corrected chi connectivity index (χ4v) is 3.74. The lowest BCUT2D eigenvalue weighted by molar-refractivity contribution is -0.141. The summed E-state index contributed by atoms with van der Waals surface area (Å²) in [5, 5.41) is 13.2. The molecule has 0 spiro atoms. The molecule has 1 aliphatic rings. The monoisotopic (exact) mass is 483 g/mol. The number of aromatic nitrogens is 2. The lowest BCUT2D eigenvalue weighted by Crippen LogP contribution is -2.50. The number of amides is 1. The summed E-state index contributed by atoms with van der Waals surface area (Å²) in [7, 11) is 0. The Morgan fingerprint density at radius 1 is 1.16 bits per heavy atom. The van der Waals surface area contributed by atoms with Crippen molar-refractivity contribution in [3.05, 3.63) is 57.6 Å². The van der Waals surface area contributed by atoms with E-state index < -0.39 is 53.7 Å². The van der Waals surface area contributed by atoms with Crippen LogP contribution in [0.25, 0.3) is 0 Å². The zero-order valence-corrected chi connectivity index (χ0v) is 17.2. The van der Waals surface area contributed by atoms with E-state index in [9.17, 15) is 31.9 Å². The van der Waals surface area contributed by atoms with Crippen molar-refractivity contribution in [3.8, 4) is 0 Å². The Bertz CT molecular complexity index is 977. The van der Waals surface area contributed by atoms with E-state index in [1.165, 1.54) is 18.2 Å². The number of hydrogen-bond acceptors (Lipinski definition) is 4. The van der Waals surface area contributed by atoms with E-state index in [0.29, 0.717) is 12.3 Å². The van der Waals surface area contributed by atoms with Gasteiger partial charge in [0.25, 0.3) is 5.91 Å². The van der Waals surface area contributed by atoms with Gasteiger partial charge in [0.2, 0.25) is 5.92 Å². The first-order chi connectivity index (χ1) is 14.3. The van der Waals surface area contributed by atoms with Gasteiger partial charge in [-0.25, -0.2) is 13.8 Å². The average molecular weight is 484 g/mol. The summed E-state index contributed by atoms with van der Waals surface area (Å²) in [6.07, 6.45) is -6.16. The molecule has 2 aromatic heterocycles. The quantitative estimate of drug-likeness (QED) is 0.462. The van der Waals surface area contributed by atoms with Crippen LogP contribution in [0.5, 0.6) is 0 Å². The Morgan fingerprint density at radius 2 is 1.81 bits per heavy atom. The number of nitrogens with zero attached hydrogens (tertiary/aromatic N) is 2. The van der Waals surface area contributed by atoms with Crippen molar-refractivity contribution >= 4 is 29.1 Å². The molecule has 1 saturated carbocycles. The first-order valence-electron chi connectivity index (χ1n) is 9.07. The SMILES string of the molecule is O=C(NC(c1cccc(Cl)n1)C1(O)CCC(F)(F)CC1)c1cc(C(F)(F)F)ncc1Cl. The second kappa shape index (κ2) is 8.48. The standard InChI is InChI=1S/C19H16Cl2F5N3O2/c20-11-9-27-13(19(24,25)26)8-10(11)16(30)29-15(12-2-1-3-14(21)28-12)17(31)4-6-18(22,23)7-5-17/h1-3,8-9,15,31H,4-7H2,(H,29,30). The Hall–Kier alpha value is -2.04. The summed E-state index contributed by atoms with van der Waals surface area (Å²) in [4.78, 5) is 20.0. The summed E-state index contributed by atoms with van der Waals surface area (Å²) in [5.41, 5.74) is -3.65. The van der Waals surface area contributed by atoms with Crippen molar-refractivity contribution in [2.75, 3.05) is 0 Å². The summed E-state index contributed by atoms with van der Waals surface area (Å²) in [6.45, 7) is 0. The minimum atomic E-state index is -4.82. The largest absolute Gasteiger partial charge is 0.433 e. The fraction of sp³-hybridized carbons (Fsp3) is 0.421. The number of carbonyl (C=O) groups excluding carboxylic acids is 1. The number of rotatable bonds is 4. The van der Waals surface area contributed by atoms with Gasteiger partial charge < -0.3 is 10.4 Å². The van der Waals surface area contributed by atoms with E-state index >= 15 is 0 Å². The average Bonchev–Trinajstić information content (AvgIpc) is 2.68. The van der Waals surface area contributed by atoms with Crippen molar-refractivity contribution in [3.63, 3.8) is 0 Å². The van der Waals surface area contributed by atoms with Gasteiger partial charge in [-0.3, -0.25) is 9.78 Å².